The Kier molecular flexibility index (Phi) is 4.44. The average Bonchev–Trinajstić information content (AvgIpc) is 3.16. The molecule has 2 saturated carbocycles. The molecule has 0 spiro atoms. The lowest BCUT2D eigenvalue weighted by Crippen LogP contribution is -2.40. The summed E-state index contributed by atoms with van der Waals surface area (Å²) < 4.78 is -0.656. The van der Waals surface area contributed by atoms with Crippen LogP contribution in [-0.4, -0.2) is 34.6 Å². The number of hydrogen-bond donors (Lipinski definition) is 1. The monoisotopic (exact) mass is 319 g/mol. The van der Waals surface area contributed by atoms with E-state index in [1.54, 1.807) is 7.05 Å². The van der Waals surface area contributed by atoms with Crippen molar-refractivity contribution in [2.75, 3.05) is 7.05 Å². The molecule has 5 heteroatoms. The van der Waals surface area contributed by atoms with Crippen molar-refractivity contribution >= 4 is 28.5 Å². The van der Waals surface area contributed by atoms with Gasteiger partial charge in [-0.1, -0.05) is 31.2 Å². The van der Waals surface area contributed by atoms with Gasteiger partial charge in [-0.25, -0.2) is 0 Å². The van der Waals surface area contributed by atoms with Crippen molar-refractivity contribution in [2.45, 2.75) is 56.7 Å². The summed E-state index contributed by atoms with van der Waals surface area (Å²) >= 11 is 1.53. The molecule has 2 aliphatic carbocycles. The standard InChI is InChI=1S/C17H25N3OS/c1-4-5-6-14(18-3)17(2)15(21)20-16(22-17)19-13-10-11-7-8-12(13)9-11/h5-6,11-13H,4,7-10H2,1-3H3,(H,19,20,21)/b6-5-,18-14?/t11-,12?,13+,17?/m1/s1. The van der Waals surface area contributed by atoms with Gasteiger partial charge >= 0.3 is 0 Å². The predicted molar refractivity (Wildman–Crippen MR) is 93.6 cm³/mol. The van der Waals surface area contributed by atoms with E-state index in [0.717, 1.165) is 29.1 Å². The quantitative estimate of drug-likeness (QED) is 0.809. The van der Waals surface area contributed by atoms with Crippen LogP contribution in [0.1, 0.15) is 46.0 Å². The number of rotatable bonds is 4. The number of nitrogens with zero attached hydrogens (tertiary/aromatic N) is 2. The van der Waals surface area contributed by atoms with E-state index in [9.17, 15) is 4.79 Å². The van der Waals surface area contributed by atoms with Gasteiger partial charge in [-0.05, 0) is 50.5 Å². The second-order valence-electron chi connectivity index (χ2n) is 6.69. The molecule has 0 radical (unpaired) electrons. The molecule has 4 nitrogen and oxygen atoms in total. The van der Waals surface area contributed by atoms with E-state index >= 15 is 0 Å². The summed E-state index contributed by atoms with van der Waals surface area (Å²) in [6.45, 7) is 4.02. The Bertz CT molecular complexity index is 554. The fourth-order valence-electron chi connectivity index (χ4n) is 3.91. The van der Waals surface area contributed by atoms with Crippen LogP contribution in [0.15, 0.2) is 22.1 Å². The maximum Gasteiger partial charge on any atom is 0.248 e. The van der Waals surface area contributed by atoms with Gasteiger partial charge in [0.05, 0.1) is 11.8 Å². The van der Waals surface area contributed by atoms with Gasteiger partial charge < -0.3 is 5.32 Å². The van der Waals surface area contributed by atoms with Crippen LogP contribution in [0.5, 0.6) is 0 Å². The third-order valence-electron chi connectivity index (χ3n) is 5.18. The molecule has 3 rings (SSSR count). The van der Waals surface area contributed by atoms with Gasteiger partial charge in [0, 0.05) is 7.05 Å². The van der Waals surface area contributed by atoms with Crippen LogP contribution < -0.4 is 5.32 Å². The highest BCUT2D eigenvalue weighted by Gasteiger charge is 2.47. The summed E-state index contributed by atoms with van der Waals surface area (Å²) in [4.78, 5) is 21.7. The Labute approximate surface area is 136 Å². The van der Waals surface area contributed by atoms with Crippen LogP contribution in [-0.2, 0) is 4.79 Å². The predicted octanol–water partition coefficient (Wildman–Crippen LogP) is 3.19. The zero-order chi connectivity index (χ0) is 15.7. The number of carbonyl (C=O) groups excluding carboxylic acids is 1. The molecule has 1 amide bonds. The van der Waals surface area contributed by atoms with Crippen molar-refractivity contribution in [1.29, 1.82) is 0 Å². The lowest BCUT2D eigenvalue weighted by Gasteiger charge is -2.19. The molecule has 2 bridgehead atoms. The lowest BCUT2D eigenvalue weighted by atomic mass is 9.96. The number of allylic oxidation sites excluding steroid dienone is 2. The minimum absolute atomic E-state index is 0.000703. The molecular formula is C17H25N3OS. The Hall–Kier alpha value is -1.10. The third kappa shape index (κ3) is 2.75. The smallest absolute Gasteiger partial charge is 0.248 e. The van der Waals surface area contributed by atoms with Crippen LogP contribution in [0, 0.1) is 11.8 Å². The van der Waals surface area contributed by atoms with E-state index in [0.29, 0.717) is 6.04 Å². The molecule has 0 aromatic rings. The van der Waals surface area contributed by atoms with E-state index in [2.05, 4.69) is 17.2 Å². The number of fused-ring (bicyclic) bond motifs is 2. The van der Waals surface area contributed by atoms with E-state index in [1.807, 2.05) is 19.1 Å². The number of hydrogen-bond acceptors (Lipinski definition) is 4. The van der Waals surface area contributed by atoms with Crippen molar-refractivity contribution in [3.8, 4) is 0 Å². The summed E-state index contributed by atoms with van der Waals surface area (Å²) in [7, 11) is 1.75. The van der Waals surface area contributed by atoms with E-state index < -0.39 is 4.75 Å². The van der Waals surface area contributed by atoms with Gasteiger partial charge in [-0.3, -0.25) is 14.8 Å². The van der Waals surface area contributed by atoms with E-state index in [1.165, 1.54) is 37.4 Å². The molecule has 1 saturated heterocycles. The van der Waals surface area contributed by atoms with Gasteiger partial charge in [-0.2, -0.15) is 0 Å². The first kappa shape index (κ1) is 15.8. The van der Waals surface area contributed by atoms with Gasteiger partial charge in [0.1, 0.15) is 4.75 Å². The molecular weight excluding hydrogens is 294 g/mol. The van der Waals surface area contributed by atoms with Crippen LogP contribution in [0.25, 0.3) is 0 Å². The normalized spacial score (nSPS) is 40.1. The Morgan fingerprint density at radius 2 is 2.27 bits per heavy atom. The molecule has 3 fully saturated rings. The van der Waals surface area contributed by atoms with Crippen molar-refractivity contribution in [2.24, 2.45) is 21.8 Å². The van der Waals surface area contributed by atoms with Crippen LogP contribution >= 0.6 is 11.8 Å². The third-order valence-corrected chi connectivity index (χ3v) is 6.38. The Balaban J connectivity index is 1.76. The van der Waals surface area contributed by atoms with Gasteiger partial charge in [0.25, 0.3) is 0 Å². The molecule has 22 heavy (non-hydrogen) atoms. The van der Waals surface area contributed by atoms with Crippen molar-refractivity contribution in [3.05, 3.63) is 12.2 Å². The van der Waals surface area contributed by atoms with Crippen LogP contribution in [0.3, 0.4) is 0 Å². The van der Waals surface area contributed by atoms with E-state index in [-0.39, 0.29) is 5.91 Å². The minimum atomic E-state index is -0.656. The Morgan fingerprint density at radius 1 is 1.45 bits per heavy atom. The zero-order valence-electron chi connectivity index (χ0n) is 13.6. The fraction of sp³-hybridized carbons (Fsp3) is 0.706. The lowest BCUT2D eigenvalue weighted by molar-refractivity contribution is -0.119. The van der Waals surface area contributed by atoms with Gasteiger partial charge in [0.2, 0.25) is 5.91 Å². The number of aliphatic imine (C=N–C) groups is 2. The first-order chi connectivity index (χ1) is 10.6. The van der Waals surface area contributed by atoms with Crippen LogP contribution in [0.4, 0.5) is 0 Å². The first-order valence-electron chi connectivity index (χ1n) is 8.29. The number of nitrogens with one attached hydrogen (secondary N) is 1. The average molecular weight is 319 g/mol. The summed E-state index contributed by atoms with van der Waals surface area (Å²) in [5, 5.41) is 3.77. The number of amides is 1. The molecule has 2 unspecified atom stereocenters. The summed E-state index contributed by atoms with van der Waals surface area (Å²) in [6.07, 6.45) is 10.2. The van der Waals surface area contributed by atoms with Gasteiger partial charge in [-0.15, -0.1) is 0 Å². The SMILES string of the molecule is CC/C=C\C(=NC)C1(C)SC(=N[C@H]2C[C@@H]3CCC2C3)NC1=O. The fourth-order valence-corrected chi connectivity index (χ4v) is 5.03. The topological polar surface area (TPSA) is 53.8 Å². The zero-order valence-corrected chi connectivity index (χ0v) is 14.4. The highest BCUT2D eigenvalue weighted by Crippen LogP contribution is 2.46. The summed E-state index contributed by atoms with van der Waals surface area (Å²) in [6, 6.07) is 0.414. The second kappa shape index (κ2) is 6.19. The summed E-state index contributed by atoms with van der Waals surface area (Å²) in [5.74, 6) is 1.61. The van der Waals surface area contributed by atoms with Gasteiger partial charge in [0.15, 0.2) is 5.17 Å². The van der Waals surface area contributed by atoms with Crippen molar-refractivity contribution in [3.63, 3.8) is 0 Å². The first-order valence-corrected chi connectivity index (χ1v) is 9.10. The highest BCUT2D eigenvalue weighted by atomic mass is 32.2. The maximum atomic E-state index is 12.5. The molecule has 120 valence electrons. The van der Waals surface area contributed by atoms with Crippen LogP contribution in [0.2, 0.25) is 0 Å². The second-order valence-corrected chi connectivity index (χ2v) is 8.09. The Morgan fingerprint density at radius 3 is 2.86 bits per heavy atom. The largest absolute Gasteiger partial charge is 0.304 e. The molecule has 1 N–H and O–H groups in total. The molecule has 0 aromatic carbocycles. The molecule has 0 aromatic heterocycles. The number of amidine groups is 1. The molecule has 1 aliphatic heterocycles. The number of carbonyl (C=O) groups is 1. The molecule has 4 atom stereocenters. The molecule has 1 heterocycles. The minimum Gasteiger partial charge on any atom is -0.304 e. The maximum absolute atomic E-state index is 12.5. The highest BCUT2D eigenvalue weighted by molar-refractivity contribution is 8.17. The summed E-state index contributed by atoms with van der Waals surface area (Å²) in [5.41, 5.74) is 0.815. The molecule has 3 aliphatic rings. The van der Waals surface area contributed by atoms with Crippen molar-refractivity contribution < 1.29 is 4.79 Å². The number of thioether (sulfide) groups is 1. The van der Waals surface area contributed by atoms with E-state index in [4.69, 9.17) is 4.99 Å². The van der Waals surface area contributed by atoms with Crippen molar-refractivity contribution in [1.82, 2.24) is 5.32 Å².